The fraction of sp³-hybridized carbons (Fsp3) is 0.375. The molecule has 1 amide bonds. The van der Waals surface area contributed by atoms with Crippen molar-refractivity contribution in [1.82, 2.24) is 29.4 Å². The van der Waals surface area contributed by atoms with Crippen molar-refractivity contribution in [3.05, 3.63) is 44.4 Å². The van der Waals surface area contributed by atoms with E-state index in [1.54, 1.807) is 13.1 Å². The number of nitrogens with zero attached hydrogens (tertiary/aromatic N) is 5. The Morgan fingerprint density at radius 2 is 2.15 bits per heavy atom. The lowest BCUT2D eigenvalue weighted by atomic mass is 9.95. The van der Waals surface area contributed by atoms with Crippen LogP contribution in [-0.2, 0) is 0 Å². The molecule has 0 atom stereocenters. The van der Waals surface area contributed by atoms with Gasteiger partial charge in [0.2, 0.25) is 0 Å². The van der Waals surface area contributed by atoms with Gasteiger partial charge in [-0.1, -0.05) is 4.49 Å². The molecule has 0 unspecified atom stereocenters. The van der Waals surface area contributed by atoms with E-state index in [2.05, 4.69) is 24.5 Å². The molecule has 1 aliphatic heterocycles. The summed E-state index contributed by atoms with van der Waals surface area (Å²) in [5.74, 6) is 0.770. The number of nitrogens with one attached hydrogen (secondary N) is 1. The number of aromatic nitrogens is 5. The highest BCUT2D eigenvalue weighted by Crippen LogP contribution is 2.28. The zero-order valence-electron chi connectivity index (χ0n) is 14.0. The van der Waals surface area contributed by atoms with Gasteiger partial charge in [-0.25, -0.2) is 9.97 Å². The largest absolute Gasteiger partial charge is 0.338 e. The Morgan fingerprint density at radius 3 is 2.81 bits per heavy atom. The summed E-state index contributed by atoms with van der Waals surface area (Å²) in [4.78, 5) is 38.7. The van der Waals surface area contributed by atoms with E-state index in [1.807, 2.05) is 10.3 Å². The van der Waals surface area contributed by atoms with Gasteiger partial charge in [-0.15, -0.1) is 16.4 Å². The average molecular weight is 388 g/mol. The first-order valence-electron chi connectivity index (χ1n) is 8.21. The van der Waals surface area contributed by atoms with Gasteiger partial charge in [0.15, 0.2) is 0 Å². The molecule has 3 aromatic rings. The molecule has 1 aliphatic rings. The van der Waals surface area contributed by atoms with Crippen molar-refractivity contribution in [2.45, 2.75) is 25.7 Å². The molecule has 0 aromatic carbocycles. The van der Waals surface area contributed by atoms with E-state index in [9.17, 15) is 9.59 Å². The third kappa shape index (κ3) is 3.29. The smallest absolute Gasteiger partial charge is 0.267 e. The van der Waals surface area contributed by atoms with E-state index < -0.39 is 0 Å². The van der Waals surface area contributed by atoms with Crippen molar-refractivity contribution < 1.29 is 4.79 Å². The zero-order valence-corrected chi connectivity index (χ0v) is 15.6. The van der Waals surface area contributed by atoms with Crippen molar-refractivity contribution >= 4 is 28.8 Å². The van der Waals surface area contributed by atoms with E-state index in [0.29, 0.717) is 35.2 Å². The second-order valence-corrected chi connectivity index (χ2v) is 7.76. The lowest BCUT2D eigenvalue weighted by molar-refractivity contribution is 0.0715. The molecule has 0 radical (unpaired) electrons. The van der Waals surface area contributed by atoms with Gasteiger partial charge in [0.05, 0.1) is 5.69 Å². The van der Waals surface area contributed by atoms with Crippen LogP contribution in [0.4, 0.5) is 0 Å². The van der Waals surface area contributed by atoms with Crippen LogP contribution in [0.25, 0.3) is 10.7 Å². The van der Waals surface area contributed by atoms with Crippen molar-refractivity contribution in [2.75, 3.05) is 13.1 Å². The van der Waals surface area contributed by atoms with Crippen LogP contribution in [0.1, 0.15) is 39.9 Å². The molecule has 8 nitrogen and oxygen atoms in total. The monoisotopic (exact) mass is 388 g/mol. The molecule has 0 bridgehead atoms. The van der Waals surface area contributed by atoms with Crippen LogP contribution in [0.15, 0.2) is 22.4 Å². The van der Waals surface area contributed by atoms with Crippen molar-refractivity contribution in [1.29, 1.82) is 0 Å². The minimum absolute atomic E-state index is 0.0195. The highest BCUT2D eigenvalue weighted by molar-refractivity contribution is 7.13. The molecule has 1 N–H and O–H groups in total. The lowest BCUT2D eigenvalue weighted by Gasteiger charge is -2.31. The number of aryl methyl sites for hydroxylation is 1. The van der Waals surface area contributed by atoms with E-state index in [-0.39, 0.29) is 17.4 Å². The van der Waals surface area contributed by atoms with Crippen LogP contribution < -0.4 is 5.56 Å². The van der Waals surface area contributed by atoms with Crippen LogP contribution in [0.3, 0.4) is 0 Å². The Bertz CT molecular complexity index is 973. The van der Waals surface area contributed by atoms with Crippen molar-refractivity contribution in [3.63, 3.8) is 0 Å². The topological polar surface area (TPSA) is 105 Å². The van der Waals surface area contributed by atoms with Crippen LogP contribution >= 0.6 is 22.9 Å². The molecule has 3 aromatic heterocycles. The summed E-state index contributed by atoms with van der Waals surface area (Å²) in [7, 11) is 0. The first-order chi connectivity index (χ1) is 12.6. The van der Waals surface area contributed by atoms with Gasteiger partial charge >= 0.3 is 0 Å². The average Bonchev–Trinajstić information content (AvgIpc) is 3.32. The minimum atomic E-state index is -0.176. The molecule has 0 spiro atoms. The highest BCUT2D eigenvalue weighted by Gasteiger charge is 2.28. The van der Waals surface area contributed by atoms with E-state index in [0.717, 1.165) is 29.4 Å². The number of carbonyl (C=O) groups excluding carboxylic acids is 1. The number of carbonyl (C=O) groups is 1. The molecular weight excluding hydrogens is 372 g/mol. The highest BCUT2D eigenvalue weighted by atomic mass is 32.1. The van der Waals surface area contributed by atoms with Gasteiger partial charge in [-0.05, 0) is 31.3 Å². The quantitative estimate of drug-likeness (QED) is 0.736. The number of rotatable bonds is 3. The maximum absolute atomic E-state index is 12.6. The van der Waals surface area contributed by atoms with Gasteiger partial charge in [-0.3, -0.25) is 9.59 Å². The Labute approximate surface area is 157 Å². The Hall–Kier alpha value is -2.46. The summed E-state index contributed by atoms with van der Waals surface area (Å²) in [6.45, 7) is 3.03. The number of hydrogen-bond donors (Lipinski definition) is 1. The summed E-state index contributed by atoms with van der Waals surface area (Å²) in [5, 5.41) is 6.50. The minimum Gasteiger partial charge on any atom is -0.338 e. The maximum atomic E-state index is 12.6. The number of likely N-dealkylation sites (tertiary alicyclic amines) is 1. The summed E-state index contributed by atoms with van der Waals surface area (Å²) in [6.07, 6.45) is 3.20. The maximum Gasteiger partial charge on any atom is 0.267 e. The Kier molecular flexibility index (Phi) is 4.60. The lowest BCUT2D eigenvalue weighted by Crippen LogP contribution is -2.38. The van der Waals surface area contributed by atoms with E-state index >= 15 is 0 Å². The zero-order chi connectivity index (χ0) is 18.1. The molecule has 10 heteroatoms. The van der Waals surface area contributed by atoms with Crippen LogP contribution in [0.5, 0.6) is 0 Å². The second-order valence-electron chi connectivity index (χ2n) is 6.11. The predicted octanol–water partition coefficient (Wildman–Crippen LogP) is 2.07. The van der Waals surface area contributed by atoms with Crippen LogP contribution in [0.2, 0.25) is 0 Å². The summed E-state index contributed by atoms with van der Waals surface area (Å²) >= 11 is 2.59. The molecule has 4 rings (SSSR count). The molecule has 0 aliphatic carbocycles. The standard InChI is InChI=1S/C16H16N6O2S2/c1-9-13(26-21-20-9)16(24)22-5-2-10(3-6-22)14-18-11(8-12(23)19-14)15-17-4-7-25-15/h4,7-8,10H,2-3,5-6H2,1H3,(H,18,19,23). The fourth-order valence-electron chi connectivity index (χ4n) is 3.06. The third-order valence-electron chi connectivity index (χ3n) is 4.43. The van der Waals surface area contributed by atoms with Gasteiger partial charge in [0, 0.05) is 36.7 Å². The fourth-order valence-corrected chi connectivity index (χ4v) is 4.28. The van der Waals surface area contributed by atoms with Crippen molar-refractivity contribution in [2.24, 2.45) is 0 Å². The number of amides is 1. The van der Waals surface area contributed by atoms with Gasteiger partial charge in [-0.2, -0.15) is 0 Å². The van der Waals surface area contributed by atoms with Crippen molar-refractivity contribution in [3.8, 4) is 10.7 Å². The van der Waals surface area contributed by atoms with E-state index in [1.165, 1.54) is 17.4 Å². The third-order valence-corrected chi connectivity index (χ3v) is 6.04. The number of aromatic amines is 1. The number of thiazole rings is 1. The summed E-state index contributed by atoms with van der Waals surface area (Å²) in [5.41, 5.74) is 1.10. The molecular formula is C16H16N6O2S2. The Morgan fingerprint density at radius 1 is 1.35 bits per heavy atom. The normalized spacial score (nSPS) is 15.3. The molecule has 26 heavy (non-hydrogen) atoms. The number of hydrogen-bond acceptors (Lipinski definition) is 8. The summed E-state index contributed by atoms with van der Waals surface area (Å²) < 4.78 is 3.83. The molecule has 1 fully saturated rings. The van der Waals surface area contributed by atoms with E-state index in [4.69, 9.17) is 0 Å². The summed E-state index contributed by atoms with van der Waals surface area (Å²) in [6, 6.07) is 1.47. The molecule has 0 saturated carbocycles. The number of H-pyrrole nitrogens is 1. The second kappa shape index (κ2) is 7.04. The van der Waals surface area contributed by atoms with Crippen LogP contribution in [0, 0.1) is 6.92 Å². The first kappa shape index (κ1) is 17.0. The SMILES string of the molecule is Cc1nnsc1C(=O)N1CCC(c2nc(-c3nccs3)cc(=O)[nH]2)CC1. The Balaban J connectivity index is 1.49. The number of piperidine rings is 1. The first-order valence-corrected chi connectivity index (χ1v) is 9.86. The van der Waals surface area contributed by atoms with Gasteiger partial charge in [0.1, 0.15) is 21.4 Å². The predicted molar refractivity (Wildman–Crippen MR) is 98.5 cm³/mol. The molecule has 1 saturated heterocycles. The molecule has 134 valence electrons. The van der Waals surface area contributed by atoms with Gasteiger partial charge < -0.3 is 9.88 Å². The van der Waals surface area contributed by atoms with Crippen LogP contribution in [-0.4, -0.2) is 48.4 Å². The van der Waals surface area contributed by atoms with Gasteiger partial charge in [0.25, 0.3) is 11.5 Å². The molecule has 4 heterocycles.